The first-order valence-corrected chi connectivity index (χ1v) is 4.63. The van der Waals surface area contributed by atoms with Crippen molar-refractivity contribution in [3.05, 3.63) is 0 Å². The van der Waals surface area contributed by atoms with Crippen LogP contribution in [0.25, 0.3) is 0 Å². The molecule has 0 heteroatoms. The van der Waals surface area contributed by atoms with Crippen LogP contribution in [0.4, 0.5) is 0 Å². The predicted molar refractivity (Wildman–Crippen MR) is 54.5 cm³/mol. The summed E-state index contributed by atoms with van der Waals surface area (Å²) in [6, 6.07) is 0. The Balaban J connectivity index is 3.76. The zero-order chi connectivity index (χ0) is 9.40. The molecule has 0 saturated heterocycles. The van der Waals surface area contributed by atoms with Gasteiger partial charge in [0.05, 0.1) is 0 Å². The standard InChI is InChI=1S/C12H18/c1-5-6-7-8-12(4)10-9-11(2)3/h11-12H,5,8H2,1-4H3. The first kappa shape index (κ1) is 11.1. The quantitative estimate of drug-likeness (QED) is 0.520. The zero-order valence-corrected chi connectivity index (χ0v) is 8.57. The zero-order valence-electron chi connectivity index (χ0n) is 8.57. The van der Waals surface area contributed by atoms with E-state index >= 15 is 0 Å². The maximum Gasteiger partial charge on any atom is 0.0284 e. The van der Waals surface area contributed by atoms with E-state index in [4.69, 9.17) is 0 Å². The topological polar surface area (TPSA) is 0 Å². The lowest BCUT2D eigenvalue weighted by Crippen LogP contribution is -1.88. The molecule has 0 aliphatic carbocycles. The average molecular weight is 162 g/mol. The minimum Gasteiger partial charge on any atom is -0.104 e. The minimum absolute atomic E-state index is 0.423. The Bertz CT molecular complexity index is 214. The normalized spacial score (nSPS) is 11.1. The number of rotatable bonds is 1. The first-order chi connectivity index (χ1) is 5.66. The van der Waals surface area contributed by atoms with Crippen LogP contribution in [0.15, 0.2) is 0 Å². The first-order valence-electron chi connectivity index (χ1n) is 4.63. The molecule has 0 nitrogen and oxygen atoms in total. The highest BCUT2D eigenvalue weighted by atomic mass is 13.9. The SMILES string of the molecule is CCC#CCC(C)C#CC(C)C. The summed E-state index contributed by atoms with van der Waals surface area (Å²) in [5.41, 5.74) is 0. The second kappa shape index (κ2) is 6.81. The van der Waals surface area contributed by atoms with E-state index in [0.29, 0.717) is 11.8 Å². The molecule has 0 rings (SSSR count). The molecule has 0 aliphatic rings. The second-order valence-corrected chi connectivity index (χ2v) is 3.26. The molecule has 66 valence electrons. The minimum atomic E-state index is 0.423. The molecule has 1 unspecified atom stereocenters. The Morgan fingerprint density at radius 1 is 1.00 bits per heavy atom. The van der Waals surface area contributed by atoms with Gasteiger partial charge in [0, 0.05) is 24.7 Å². The maximum absolute atomic E-state index is 3.19. The van der Waals surface area contributed by atoms with Crippen molar-refractivity contribution in [3.63, 3.8) is 0 Å². The van der Waals surface area contributed by atoms with E-state index in [0.717, 1.165) is 12.8 Å². The van der Waals surface area contributed by atoms with E-state index in [1.165, 1.54) is 0 Å². The van der Waals surface area contributed by atoms with Crippen LogP contribution in [0.3, 0.4) is 0 Å². The lowest BCUT2D eigenvalue weighted by molar-refractivity contribution is 0.778. The van der Waals surface area contributed by atoms with Gasteiger partial charge in [0.15, 0.2) is 0 Å². The van der Waals surface area contributed by atoms with Crippen LogP contribution in [-0.4, -0.2) is 0 Å². The molecule has 0 bridgehead atoms. The third kappa shape index (κ3) is 7.23. The van der Waals surface area contributed by atoms with E-state index in [1.807, 2.05) is 0 Å². The molecular formula is C12H18. The Morgan fingerprint density at radius 2 is 1.67 bits per heavy atom. The highest BCUT2D eigenvalue weighted by molar-refractivity contribution is 5.09. The van der Waals surface area contributed by atoms with Crippen LogP contribution in [0, 0.1) is 35.5 Å². The molecule has 0 N–H and O–H groups in total. The van der Waals surface area contributed by atoms with E-state index in [9.17, 15) is 0 Å². The van der Waals surface area contributed by atoms with Crippen LogP contribution in [0.5, 0.6) is 0 Å². The molecule has 0 amide bonds. The van der Waals surface area contributed by atoms with Crippen molar-refractivity contribution in [3.8, 4) is 23.7 Å². The summed E-state index contributed by atoms with van der Waals surface area (Å²) in [7, 11) is 0. The largest absolute Gasteiger partial charge is 0.104 e. The second-order valence-electron chi connectivity index (χ2n) is 3.26. The summed E-state index contributed by atoms with van der Waals surface area (Å²) >= 11 is 0. The molecule has 0 aromatic carbocycles. The Morgan fingerprint density at radius 3 is 2.17 bits per heavy atom. The Kier molecular flexibility index (Phi) is 6.31. The van der Waals surface area contributed by atoms with Gasteiger partial charge in [-0.1, -0.05) is 33.6 Å². The fraction of sp³-hybridized carbons (Fsp3) is 0.667. The van der Waals surface area contributed by atoms with Crippen molar-refractivity contribution in [2.75, 3.05) is 0 Å². The van der Waals surface area contributed by atoms with Crippen molar-refractivity contribution < 1.29 is 0 Å². The van der Waals surface area contributed by atoms with Gasteiger partial charge < -0.3 is 0 Å². The van der Waals surface area contributed by atoms with Crippen molar-refractivity contribution >= 4 is 0 Å². The molecule has 1 atom stereocenters. The Hall–Kier alpha value is -0.880. The summed E-state index contributed by atoms with van der Waals surface area (Å²) in [6.07, 6.45) is 1.86. The van der Waals surface area contributed by atoms with Gasteiger partial charge in [0.1, 0.15) is 0 Å². The van der Waals surface area contributed by atoms with Crippen molar-refractivity contribution in [2.45, 2.75) is 40.5 Å². The van der Waals surface area contributed by atoms with Crippen molar-refractivity contribution in [1.29, 1.82) is 0 Å². The van der Waals surface area contributed by atoms with E-state index in [1.54, 1.807) is 0 Å². The molecule has 0 saturated carbocycles. The van der Waals surface area contributed by atoms with Gasteiger partial charge in [0.25, 0.3) is 0 Å². The predicted octanol–water partition coefficient (Wildman–Crippen LogP) is 3.09. The fourth-order valence-corrected chi connectivity index (χ4v) is 0.710. The van der Waals surface area contributed by atoms with Crippen LogP contribution in [0.1, 0.15) is 40.5 Å². The molecule has 0 aliphatic heterocycles. The highest BCUT2D eigenvalue weighted by Crippen LogP contribution is 1.98. The molecule has 0 heterocycles. The third-order valence-corrected chi connectivity index (χ3v) is 1.33. The van der Waals surface area contributed by atoms with Gasteiger partial charge >= 0.3 is 0 Å². The number of hydrogen-bond donors (Lipinski definition) is 0. The highest BCUT2D eigenvalue weighted by Gasteiger charge is 1.92. The summed E-state index contributed by atoms with van der Waals surface area (Å²) in [6.45, 7) is 8.41. The van der Waals surface area contributed by atoms with Crippen LogP contribution < -0.4 is 0 Å². The van der Waals surface area contributed by atoms with Gasteiger partial charge in [0.2, 0.25) is 0 Å². The molecule has 0 fully saturated rings. The molecule has 0 radical (unpaired) electrons. The van der Waals surface area contributed by atoms with Gasteiger partial charge in [-0.15, -0.1) is 17.8 Å². The van der Waals surface area contributed by atoms with Gasteiger partial charge in [-0.25, -0.2) is 0 Å². The van der Waals surface area contributed by atoms with E-state index in [2.05, 4.69) is 51.4 Å². The van der Waals surface area contributed by atoms with Crippen LogP contribution >= 0.6 is 0 Å². The maximum atomic E-state index is 3.19. The summed E-state index contributed by atoms with van der Waals surface area (Å²) in [4.78, 5) is 0. The summed E-state index contributed by atoms with van der Waals surface area (Å²) < 4.78 is 0. The lowest BCUT2D eigenvalue weighted by Gasteiger charge is -1.95. The molecular weight excluding hydrogens is 144 g/mol. The van der Waals surface area contributed by atoms with Crippen LogP contribution in [-0.2, 0) is 0 Å². The van der Waals surface area contributed by atoms with Gasteiger partial charge in [-0.05, 0) is 0 Å². The van der Waals surface area contributed by atoms with E-state index in [-0.39, 0.29) is 0 Å². The molecule has 0 spiro atoms. The molecule has 0 aromatic heterocycles. The smallest absolute Gasteiger partial charge is 0.0284 e. The Labute approximate surface area is 76.8 Å². The van der Waals surface area contributed by atoms with Gasteiger partial charge in [-0.3, -0.25) is 0 Å². The number of hydrogen-bond acceptors (Lipinski definition) is 0. The monoisotopic (exact) mass is 162 g/mol. The molecule has 0 aromatic rings. The molecule has 12 heavy (non-hydrogen) atoms. The fourth-order valence-electron chi connectivity index (χ4n) is 0.710. The average Bonchev–Trinajstić information content (AvgIpc) is 2.01. The third-order valence-electron chi connectivity index (χ3n) is 1.33. The summed E-state index contributed by atoms with van der Waals surface area (Å²) in [5, 5.41) is 0. The van der Waals surface area contributed by atoms with E-state index < -0.39 is 0 Å². The van der Waals surface area contributed by atoms with Crippen LogP contribution in [0.2, 0.25) is 0 Å². The van der Waals surface area contributed by atoms with Gasteiger partial charge in [-0.2, -0.15) is 0 Å². The van der Waals surface area contributed by atoms with Crippen molar-refractivity contribution in [2.24, 2.45) is 11.8 Å². The summed E-state index contributed by atoms with van der Waals surface area (Å²) in [5.74, 6) is 13.4. The lowest BCUT2D eigenvalue weighted by atomic mass is 10.1. The van der Waals surface area contributed by atoms with Crippen molar-refractivity contribution in [1.82, 2.24) is 0 Å².